The van der Waals surface area contributed by atoms with Crippen LogP contribution in [0.2, 0.25) is 0 Å². The second-order valence-electron chi connectivity index (χ2n) is 5.13. The van der Waals surface area contributed by atoms with E-state index in [9.17, 15) is 4.79 Å². The van der Waals surface area contributed by atoms with Gasteiger partial charge in [0.1, 0.15) is 0 Å². The summed E-state index contributed by atoms with van der Waals surface area (Å²) in [7, 11) is 1.56. The Morgan fingerprint density at radius 2 is 2.30 bits per heavy atom. The largest absolute Gasteiger partial charge is 1.00 e. The molecule has 0 aliphatic carbocycles. The van der Waals surface area contributed by atoms with E-state index in [1.807, 2.05) is 12.1 Å². The van der Waals surface area contributed by atoms with Crippen LogP contribution in [0, 0.1) is 0 Å². The van der Waals surface area contributed by atoms with Crippen molar-refractivity contribution in [1.82, 2.24) is 5.32 Å². The predicted molar refractivity (Wildman–Crippen MR) is 86.1 cm³/mol. The Bertz CT molecular complexity index is 524. The van der Waals surface area contributed by atoms with Crippen LogP contribution in [0.25, 0.3) is 0 Å². The summed E-state index contributed by atoms with van der Waals surface area (Å²) >= 11 is 3.44. The van der Waals surface area contributed by atoms with Crippen molar-refractivity contribution in [3.63, 3.8) is 0 Å². The highest BCUT2D eigenvalue weighted by atomic mass is 79.9. The van der Waals surface area contributed by atoms with Gasteiger partial charge in [0.2, 0.25) is 0 Å². The van der Waals surface area contributed by atoms with E-state index < -0.39 is 5.91 Å². The number of rotatable bonds is 8. The number of nitrogens with one attached hydrogen (secondary N) is 1. The molecule has 23 heavy (non-hydrogen) atoms. The van der Waals surface area contributed by atoms with Crippen LogP contribution in [0.3, 0.4) is 0 Å². The number of halogens is 2. The molecule has 1 amide bonds. The number of ether oxygens (including phenoxy) is 3. The Morgan fingerprint density at radius 3 is 2.91 bits per heavy atom. The van der Waals surface area contributed by atoms with Crippen molar-refractivity contribution in [2.75, 3.05) is 26.9 Å². The predicted octanol–water partition coefficient (Wildman–Crippen LogP) is -1.41. The first-order valence-electron chi connectivity index (χ1n) is 7.20. The highest BCUT2D eigenvalue weighted by molar-refractivity contribution is 9.10. The van der Waals surface area contributed by atoms with Crippen LogP contribution in [-0.2, 0) is 16.1 Å². The van der Waals surface area contributed by atoms with Crippen LogP contribution in [0.1, 0.15) is 18.4 Å². The molecule has 1 unspecified atom stereocenters. The monoisotopic (exact) mass is 407 g/mol. The third kappa shape index (κ3) is 6.18. The Hall–Kier alpha value is -1.02. The third-order valence-corrected chi connectivity index (χ3v) is 3.96. The summed E-state index contributed by atoms with van der Waals surface area (Å²) in [6, 6.07) is 3.81. The molecule has 0 radical (unpaired) electrons. The molecule has 6 nitrogen and oxygen atoms in total. The van der Waals surface area contributed by atoms with Gasteiger partial charge in [0.05, 0.1) is 17.7 Å². The molecule has 3 N–H and O–H groups in total. The van der Waals surface area contributed by atoms with E-state index in [1.165, 1.54) is 0 Å². The van der Waals surface area contributed by atoms with Crippen LogP contribution >= 0.6 is 15.9 Å². The lowest BCUT2D eigenvalue weighted by molar-refractivity contribution is -0.119. The summed E-state index contributed by atoms with van der Waals surface area (Å²) in [5.41, 5.74) is 6.14. The van der Waals surface area contributed by atoms with Gasteiger partial charge in [-0.2, -0.15) is 0 Å². The molecule has 1 aromatic rings. The van der Waals surface area contributed by atoms with Gasteiger partial charge in [-0.15, -0.1) is 0 Å². The van der Waals surface area contributed by atoms with E-state index in [0.717, 1.165) is 36.0 Å². The molecule has 1 heterocycles. The summed E-state index contributed by atoms with van der Waals surface area (Å²) < 4.78 is 17.0. The summed E-state index contributed by atoms with van der Waals surface area (Å²) in [4.78, 5) is 10.8. The summed E-state index contributed by atoms with van der Waals surface area (Å²) in [5, 5.41) is 3.38. The van der Waals surface area contributed by atoms with Crippen LogP contribution in [0.5, 0.6) is 11.5 Å². The topological polar surface area (TPSA) is 82.8 Å². The third-order valence-electron chi connectivity index (χ3n) is 3.37. The molecule has 1 saturated heterocycles. The average Bonchev–Trinajstić information content (AvgIpc) is 2.98. The standard InChI is InChI=1S/C15H21BrN2O4.ClH/c1-20-13-6-10(7-18-8-11-3-2-4-21-11)5-12(16)15(13)22-9-14(17)19;/h5-6,11,18H,2-4,7-9H2,1H3,(H2,17,19);1H/p-1. The maximum atomic E-state index is 10.8. The molecule has 0 spiro atoms. The lowest BCUT2D eigenvalue weighted by atomic mass is 10.2. The van der Waals surface area contributed by atoms with Gasteiger partial charge in [-0.25, -0.2) is 0 Å². The minimum Gasteiger partial charge on any atom is -1.00 e. The molecule has 8 heteroatoms. The Morgan fingerprint density at radius 1 is 1.52 bits per heavy atom. The zero-order chi connectivity index (χ0) is 15.9. The molecule has 1 aliphatic heterocycles. The lowest BCUT2D eigenvalue weighted by Gasteiger charge is -2.15. The van der Waals surface area contributed by atoms with E-state index in [4.69, 9.17) is 19.9 Å². The molecule has 0 aromatic heterocycles. The molecular weight excluding hydrogens is 388 g/mol. The number of primary amides is 1. The first kappa shape index (κ1) is 20.0. The second kappa shape index (κ2) is 9.97. The van der Waals surface area contributed by atoms with Gasteiger partial charge in [0.25, 0.3) is 5.91 Å². The Balaban J connectivity index is 0.00000264. The number of amides is 1. The summed E-state index contributed by atoms with van der Waals surface area (Å²) in [5.74, 6) is 0.505. The number of hydrogen-bond acceptors (Lipinski definition) is 5. The van der Waals surface area contributed by atoms with E-state index >= 15 is 0 Å². The first-order chi connectivity index (χ1) is 10.6. The van der Waals surface area contributed by atoms with Crippen LogP contribution < -0.4 is 32.9 Å². The van der Waals surface area contributed by atoms with E-state index in [2.05, 4.69) is 21.2 Å². The number of carbonyl (C=O) groups excluding carboxylic acids is 1. The molecule has 1 aromatic carbocycles. The van der Waals surface area contributed by atoms with Gasteiger partial charge in [-0.05, 0) is 46.5 Å². The molecule has 1 aliphatic rings. The molecule has 0 saturated carbocycles. The smallest absolute Gasteiger partial charge is 0.255 e. The van der Waals surface area contributed by atoms with Gasteiger partial charge in [-0.1, -0.05) is 0 Å². The fourth-order valence-corrected chi connectivity index (χ4v) is 2.95. The van der Waals surface area contributed by atoms with Crippen molar-refractivity contribution in [1.29, 1.82) is 0 Å². The van der Waals surface area contributed by atoms with Gasteiger partial charge in [0, 0.05) is 19.7 Å². The highest BCUT2D eigenvalue weighted by Gasteiger charge is 2.16. The fraction of sp³-hybridized carbons (Fsp3) is 0.533. The van der Waals surface area contributed by atoms with Gasteiger partial charge in [0.15, 0.2) is 18.1 Å². The summed E-state index contributed by atoms with van der Waals surface area (Å²) in [6.07, 6.45) is 2.56. The van der Waals surface area contributed by atoms with E-state index in [-0.39, 0.29) is 19.0 Å². The van der Waals surface area contributed by atoms with Crippen molar-refractivity contribution in [2.45, 2.75) is 25.5 Å². The van der Waals surface area contributed by atoms with Crippen LogP contribution in [0.15, 0.2) is 16.6 Å². The van der Waals surface area contributed by atoms with E-state index in [0.29, 0.717) is 24.1 Å². The van der Waals surface area contributed by atoms with Crippen molar-refractivity contribution < 1.29 is 31.4 Å². The minimum absolute atomic E-state index is 0. The maximum absolute atomic E-state index is 10.8. The minimum atomic E-state index is -0.531. The second-order valence-corrected chi connectivity index (χ2v) is 5.98. The molecule has 130 valence electrons. The first-order valence-corrected chi connectivity index (χ1v) is 7.99. The fourth-order valence-electron chi connectivity index (χ4n) is 2.34. The van der Waals surface area contributed by atoms with Crippen LogP contribution in [-0.4, -0.2) is 38.9 Å². The quantitative estimate of drug-likeness (QED) is 0.553. The molecule has 2 rings (SSSR count). The zero-order valence-electron chi connectivity index (χ0n) is 12.9. The molecule has 1 atom stereocenters. The number of carbonyl (C=O) groups is 1. The van der Waals surface area contributed by atoms with Crippen molar-refractivity contribution in [2.24, 2.45) is 5.73 Å². The van der Waals surface area contributed by atoms with Gasteiger partial charge >= 0.3 is 0 Å². The lowest BCUT2D eigenvalue weighted by Crippen LogP contribution is -3.00. The van der Waals surface area contributed by atoms with Gasteiger partial charge < -0.3 is 37.7 Å². The average molecular weight is 409 g/mol. The number of benzene rings is 1. The van der Waals surface area contributed by atoms with Crippen molar-refractivity contribution in [3.05, 3.63) is 22.2 Å². The van der Waals surface area contributed by atoms with Gasteiger partial charge in [-0.3, -0.25) is 4.79 Å². The number of methoxy groups -OCH3 is 1. The molecule has 1 fully saturated rings. The van der Waals surface area contributed by atoms with Crippen molar-refractivity contribution >= 4 is 21.8 Å². The van der Waals surface area contributed by atoms with Crippen LogP contribution in [0.4, 0.5) is 0 Å². The Kier molecular flexibility index (Phi) is 8.68. The normalized spacial score (nSPS) is 16.7. The SMILES string of the molecule is COc1cc(CNCC2CCCO2)cc(Br)c1OCC(N)=O.[Cl-]. The van der Waals surface area contributed by atoms with Crippen molar-refractivity contribution in [3.8, 4) is 11.5 Å². The highest BCUT2D eigenvalue weighted by Crippen LogP contribution is 2.36. The zero-order valence-corrected chi connectivity index (χ0v) is 15.3. The Labute approximate surface area is 150 Å². The number of hydrogen-bond donors (Lipinski definition) is 2. The maximum Gasteiger partial charge on any atom is 0.255 e. The van der Waals surface area contributed by atoms with E-state index in [1.54, 1.807) is 7.11 Å². The molecule has 0 bridgehead atoms. The number of nitrogens with two attached hydrogens (primary N) is 1. The summed E-state index contributed by atoms with van der Waals surface area (Å²) in [6.45, 7) is 2.20. The molecular formula is C15H21BrClN2O4-.